The van der Waals surface area contributed by atoms with E-state index in [2.05, 4.69) is 0 Å². The van der Waals surface area contributed by atoms with E-state index in [1.165, 1.54) is 24.3 Å². The Bertz CT molecular complexity index is 748. The Kier molecular flexibility index (Phi) is 6.79. The first-order chi connectivity index (χ1) is 13.9. The summed E-state index contributed by atoms with van der Waals surface area (Å²) in [5.74, 6) is -0.944. The average molecular weight is 408 g/mol. The summed E-state index contributed by atoms with van der Waals surface area (Å²) in [5.41, 5.74) is 0.0586. The van der Waals surface area contributed by atoms with Crippen molar-refractivity contribution in [2.75, 3.05) is 20.8 Å². The number of carbonyl (C=O) groups is 1. The molecule has 29 heavy (non-hydrogen) atoms. The van der Waals surface area contributed by atoms with Crippen LogP contribution in [0.15, 0.2) is 24.3 Å². The summed E-state index contributed by atoms with van der Waals surface area (Å²) >= 11 is 0. The smallest absolute Gasteiger partial charge is 0.330 e. The highest BCUT2D eigenvalue weighted by atomic mass is 16.8. The lowest BCUT2D eigenvalue weighted by atomic mass is 9.67. The normalized spacial score (nSPS) is 32.1. The van der Waals surface area contributed by atoms with E-state index in [4.69, 9.17) is 18.9 Å². The van der Waals surface area contributed by atoms with Crippen LogP contribution >= 0.6 is 0 Å². The molecule has 1 aliphatic heterocycles. The fourth-order valence-corrected chi connectivity index (χ4v) is 4.19. The molecule has 2 aliphatic rings. The minimum atomic E-state index is -0.638. The van der Waals surface area contributed by atoms with E-state index < -0.39 is 30.1 Å². The lowest BCUT2D eigenvalue weighted by molar-refractivity contribution is -0.223. The zero-order valence-electron chi connectivity index (χ0n) is 16.6. The molecule has 1 heterocycles. The van der Waals surface area contributed by atoms with Crippen molar-refractivity contribution in [2.45, 2.75) is 44.4 Å². The summed E-state index contributed by atoms with van der Waals surface area (Å²) in [6, 6.07) is 4.26. The predicted octanol–water partition coefficient (Wildman–Crippen LogP) is 2.17. The first-order valence-corrected chi connectivity index (χ1v) is 9.64. The number of benzene rings is 1. The molecule has 3 rings (SSSR count). The molecular formula is C21H28O8. The third-order valence-electron chi connectivity index (χ3n) is 5.88. The molecule has 1 spiro atoms. The molecule has 1 aliphatic carbocycles. The molecule has 0 unspecified atom stereocenters. The van der Waals surface area contributed by atoms with Crippen LogP contribution in [0.2, 0.25) is 0 Å². The van der Waals surface area contributed by atoms with Gasteiger partial charge >= 0.3 is 5.97 Å². The number of rotatable bonds is 6. The fraction of sp³-hybridized carbons (Fsp3) is 0.571. The number of methoxy groups -OCH3 is 2. The Labute approximate surface area is 169 Å². The standard InChI is InChI=1S/C21H28O8/c1-26-19-11-21(20(27-2)29-19)8-7-14(10-17(21)24)12-28-18(25)6-4-13-3-5-15(22)16(23)9-13/h3-6,9,14,17,19-20,22-24H,7-8,10-12H2,1-2H3/b6-4+/t14-,17-,19+,20+,21-/m0/s1. The molecule has 0 bridgehead atoms. The van der Waals surface area contributed by atoms with Gasteiger partial charge in [0.05, 0.1) is 18.1 Å². The Hall–Kier alpha value is -2.13. The minimum absolute atomic E-state index is 0.0461. The number of aliphatic hydroxyl groups excluding tert-OH is 1. The number of ether oxygens (including phenoxy) is 4. The minimum Gasteiger partial charge on any atom is -0.504 e. The van der Waals surface area contributed by atoms with E-state index in [0.717, 1.165) is 6.42 Å². The molecule has 5 atom stereocenters. The second-order valence-corrected chi connectivity index (χ2v) is 7.67. The first kappa shape index (κ1) is 21.6. The second-order valence-electron chi connectivity index (χ2n) is 7.67. The lowest BCUT2D eigenvalue weighted by Gasteiger charge is -2.43. The van der Waals surface area contributed by atoms with Gasteiger partial charge < -0.3 is 34.3 Å². The molecule has 1 saturated heterocycles. The molecule has 0 amide bonds. The molecule has 8 heteroatoms. The van der Waals surface area contributed by atoms with Gasteiger partial charge in [-0.1, -0.05) is 6.07 Å². The number of aliphatic hydroxyl groups is 1. The van der Waals surface area contributed by atoms with Gasteiger partial charge in [0.15, 0.2) is 24.1 Å². The van der Waals surface area contributed by atoms with Crippen LogP contribution in [-0.2, 0) is 23.7 Å². The van der Waals surface area contributed by atoms with Crippen molar-refractivity contribution in [1.82, 2.24) is 0 Å². The van der Waals surface area contributed by atoms with Crippen LogP contribution in [0.4, 0.5) is 0 Å². The third-order valence-corrected chi connectivity index (χ3v) is 5.88. The highest BCUT2D eigenvalue weighted by Crippen LogP contribution is 2.51. The number of phenolic OH excluding ortho intramolecular Hbond substituents is 2. The molecule has 2 fully saturated rings. The van der Waals surface area contributed by atoms with E-state index in [-0.39, 0.29) is 24.0 Å². The van der Waals surface area contributed by atoms with E-state index in [1.807, 2.05) is 0 Å². The van der Waals surface area contributed by atoms with Gasteiger partial charge in [-0.2, -0.15) is 0 Å². The highest BCUT2D eigenvalue weighted by molar-refractivity contribution is 5.87. The lowest BCUT2D eigenvalue weighted by Crippen LogP contribution is -2.47. The number of carbonyl (C=O) groups excluding carboxylic acids is 1. The van der Waals surface area contributed by atoms with Gasteiger partial charge in [-0.3, -0.25) is 0 Å². The van der Waals surface area contributed by atoms with Gasteiger partial charge in [0, 0.05) is 26.7 Å². The first-order valence-electron chi connectivity index (χ1n) is 9.64. The van der Waals surface area contributed by atoms with E-state index in [9.17, 15) is 20.1 Å². The molecular weight excluding hydrogens is 380 g/mol. The van der Waals surface area contributed by atoms with Crippen molar-refractivity contribution in [2.24, 2.45) is 11.3 Å². The monoisotopic (exact) mass is 408 g/mol. The summed E-state index contributed by atoms with van der Waals surface area (Å²) in [4.78, 5) is 12.0. The Balaban J connectivity index is 1.50. The average Bonchev–Trinajstić information content (AvgIpc) is 3.08. The largest absolute Gasteiger partial charge is 0.504 e. The van der Waals surface area contributed by atoms with Gasteiger partial charge in [0.1, 0.15) is 0 Å². The topological polar surface area (TPSA) is 115 Å². The van der Waals surface area contributed by atoms with Crippen molar-refractivity contribution < 1.29 is 39.1 Å². The molecule has 1 saturated carbocycles. The van der Waals surface area contributed by atoms with Crippen LogP contribution < -0.4 is 0 Å². The Morgan fingerprint density at radius 1 is 1.28 bits per heavy atom. The summed E-state index contributed by atoms with van der Waals surface area (Å²) in [5, 5.41) is 29.6. The maximum absolute atomic E-state index is 12.0. The van der Waals surface area contributed by atoms with Gasteiger partial charge in [-0.05, 0) is 49.0 Å². The SMILES string of the molecule is CO[C@H]1C[C@]2(CC[C@H](COC(=O)/C=C/c3ccc(O)c(O)c3)C[C@@H]2O)[C@H](OC)O1. The Morgan fingerprint density at radius 3 is 2.72 bits per heavy atom. The van der Waals surface area contributed by atoms with Gasteiger partial charge in [-0.25, -0.2) is 4.79 Å². The molecule has 160 valence electrons. The summed E-state index contributed by atoms with van der Waals surface area (Å²) in [6.07, 6.45) is 3.74. The highest BCUT2D eigenvalue weighted by Gasteiger charge is 2.55. The zero-order chi connectivity index (χ0) is 21.0. The van der Waals surface area contributed by atoms with Crippen molar-refractivity contribution in [3.8, 4) is 11.5 Å². The van der Waals surface area contributed by atoms with Crippen LogP contribution in [0.3, 0.4) is 0 Å². The number of aromatic hydroxyl groups is 2. The van der Waals surface area contributed by atoms with Crippen LogP contribution in [0.25, 0.3) is 6.08 Å². The van der Waals surface area contributed by atoms with Gasteiger partial charge in [-0.15, -0.1) is 0 Å². The molecule has 0 aromatic heterocycles. The molecule has 0 radical (unpaired) electrons. The van der Waals surface area contributed by atoms with Crippen LogP contribution in [0, 0.1) is 11.3 Å². The van der Waals surface area contributed by atoms with Crippen molar-refractivity contribution in [3.05, 3.63) is 29.8 Å². The van der Waals surface area contributed by atoms with Crippen LogP contribution in [0.1, 0.15) is 31.2 Å². The van der Waals surface area contributed by atoms with E-state index in [1.54, 1.807) is 20.3 Å². The maximum Gasteiger partial charge on any atom is 0.330 e. The molecule has 1 aromatic rings. The number of hydrogen-bond acceptors (Lipinski definition) is 8. The predicted molar refractivity (Wildman–Crippen MR) is 103 cm³/mol. The van der Waals surface area contributed by atoms with E-state index >= 15 is 0 Å². The zero-order valence-corrected chi connectivity index (χ0v) is 16.6. The number of esters is 1. The third kappa shape index (κ3) is 4.72. The summed E-state index contributed by atoms with van der Waals surface area (Å²) in [7, 11) is 3.13. The number of phenols is 2. The number of hydrogen-bond donors (Lipinski definition) is 3. The maximum atomic E-state index is 12.0. The molecule has 8 nitrogen and oxygen atoms in total. The Morgan fingerprint density at radius 2 is 2.07 bits per heavy atom. The van der Waals surface area contributed by atoms with Crippen LogP contribution in [-0.4, -0.2) is 60.8 Å². The van der Waals surface area contributed by atoms with Gasteiger partial charge in [0.2, 0.25) is 0 Å². The molecule has 1 aromatic carbocycles. The summed E-state index contributed by atoms with van der Waals surface area (Å²) < 4.78 is 21.8. The second kappa shape index (κ2) is 9.13. The van der Waals surface area contributed by atoms with Crippen molar-refractivity contribution >= 4 is 12.0 Å². The quantitative estimate of drug-likeness (QED) is 0.373. The summed E-state index contributed by atoms with van der Waals surface area (Å²) in [6.45, 7) is 0.212. The fourth-order valence-electron chi connectivity index (χ4n) is 4.19. The van der Waals surface area contributed by atoms with Crippen molar-refractivity contribution in [3.63, 3.8) is 0 Å². The molecule has 3 N–H and O–H groups in total. The van der Waals surface area contributed by atoms with Crippen LogP contribution in [0.5, 0.6) is 11.5 Å². The van der Waals surface area contributed by atoms with Crippen molar-refractivity contribution in [1.29, 1.82) is 0 Å². The van der Waals surface area contributed by atoms with Gasteiger partial charge in [0.25, 0.3) is 0 Å². The van der Waals surface area contributed by atoms with E-state index in [0.29, 0.717) is 24.8 Å².